The predicted octanol–water partition coefficient (Wildman–Crippen LogP) is 2.24. The number of nitrogens with one attached hydrogen (secondary N) is 2. The van der Waals surface area contributed by atoms with Crippen molar-refractivity contribution in [1.29, 1.82) is 0 Å². The number of rotatable bonds is 19. The number of unbranched alkanes of at least 4 members (excludes halogenated alkanes) is 5. The van der Waals surface area contributed by atoms with Gasteiger partial charge in [0.2, 0.25) is 12.3 Å². The van der Waals surface area contributed by atoms with Gasteiger partial charge in [-0.2, -0.15) is 0 Å². The highest BCUT2D eigenvalue weighted by Crippen LogP contribution is 2.01. The lowest BCUT2D eigenvalue weighted by Gasteiger charge is -2.07. The zero-order valence-electron chi connectivity index (χ0n) is 14.7. The van der Waals surface area contributed by atoms with Gasteiger partial charge in [-0.25, -0.2) is 0 Å². The van der Waals surface area contributed by atoms with E-state index in [9.17, 15) is 9.59 Å². The van der Waals surface area contributed by atoms with Gasteiger partial charge < -0.3 is 20.1 Å². The molecule has 142 valence electrons. The Kier molecular flexibility index (Phi) is 19.5. The van der Waals surface area contributed by atoms with E-state index in [1.165, 1.54) is 6.42 Å². The second kappa shape index (κ2) is 20.2. The van der Waals surface area contributed by atoms with Crippen LogP contribution in [0.2, 0.25) is 0 Å². The van der Waals surface area contributed by atoms with Gasteiger partial charge in [0.1, 0.15) is 0 Å². The quantitative estimate of drug-likeness (QED) is 0.209. The van der Waals surface area contributed by atoms with Crippen LogP contribution in [0.15, 0.2) is 0 Å². The van der Waals surface area contributed by atoms with Crippen molar-refractivity contribution < 1.29 is 19.1 Å². The summed E-state index contributed by atoms with van der Waals surface area (Å²) < 4.78 is 10.9. The Hall–Kier alpha value is -0.850. The molecule has 0 unspecified atom stereocenters. The standard InChI is InChI=1S/C17H33ClN2O4/c18-9-5-1-2-7-12-23-14-15-24-13-11-20-17(22)8-4-3-6-10-19-16-21/h16H,1-15H2,(H,19,21)(H,20,22). The number of alkyl halides is 1. The maximum Gasteiger partial charge on any atom is 0.220 e. The van der Waals surface area contributed by atoms with Gasteiger partial charge in [-0.05, 0) is 25.7 Å². The van der Waals surface area contributed by atoms with Crippen LogP contribution < -0.4 is 10.6 Å². The summed E-state index contributed by atoms with van der Waals surface area (Å²) in [6.07, 6.45) is 8.37. The van der Waals surface area contributed by atoms with Gasteiger partial charge in [-0.1, -0.05) is 19.3 Å². The summed E-state index contributed by atoms with van der Waals surface area (Å²) in [6.45, 7) is 3.64. The molecule has 0 rings (SSSR count). The molecule has 0 fully saturated rings. The maximum absolute atomic E-state index is 11.5. The molecule has 2 amide bonds. The number of halogens is 1. The van der Waals surface area contributed by atoms with Crippen LogP contribution in [-0.4, -0.2) is 57.7 Å². The van der Waals surface area contributed by atoms with Crippen LogP contribution in [0.5, 0.6) is 0 Å². The molecular formula is C17H33ClN2O4. The largest absolute Gasteiger partial charge is 0.379 e. The third-order valence-corrected chi connectivity index (χ3v) is 3.69. The van der Waals surface area contributed by atoms with Gasteiger partial charge in [0.25, 0.3) is 0 Å². The van der Waals surface area contributed by atoms with E-state index in [1.54, 1.807) is 0 Å². The van der Waals surface area contributed by atoms with Crippen molar-refractivity contribution in [3.05, 3.63) is 0 Å². The van der Waals surface area contributed by atoms with E-state index in [4.69, 9.17) is 21.1 Å². The normalized spacial score (nSPS) is 10.5. The second-order valence-electron chi connectivity index (χ2n) is 5.56. The SMILES string of the molecule is O=CNCCCCCC(=O)NCCOCCOCCCCCCCl. The first-order chi connectivity index (χ1) is 11.8. The molecule has 2 N–H and O–H groups in total. The van der Waals surface area contributed by atoms with Crippen LogP contribution in [0.3, 0.4) is 0 Å². The van der Waals surface area contributed by atoms with E-state index < -0.39 is 0 Å². The summed E-state index contributed by atoms with van der Waals surface area (Å²) in [7, 11) is 0. The third kappa shape index (κ3) is 19.2. The third-order valence-electron chi connectivity index (χ3n) is 3.42. The van der Waals surface area contributed by atoms with Gasteiger partial charge in [0, 0.05) is 32.0 Å². The van der Waals surface area contributed by atoms with Crippen molar-refractivity contribution in [2.45, 2.75) is 51.4 Å². The molecule has 0 saturated carbocycles. The minimum Gasteiger partial charge on any atom is -0.379 e. The Morgan fingerprint density at radius 2 is 1.54 bits per heavy atom. The molecule has 0 bridgehead atoms. The lowest BCUT2D eigenvalue weighted by molar-refractivity contribution is -0.121. The molecule has 7 heteroatoms. The molecule has 0 aliphatic heterocycles. The summed E-state index contributed by atoms with van der Waals surface area (Å²) in [6, 6.07) is 0. The fraction of sp³-hybridized carbons (Fsp3) is 0.882. The highest BCUT2D eigenvalue weighted by molar-refractivity contribution is 6.17. The van der Waals surface area contributed by atoms with Crippen molar-refractivity contribution in [3.63, 3.8) is 0 Å². The average molecular weight is 365 g/mol. The van der Waals surface area contributed by atoms with Crippen molar-refractivity contribution in [3.8, 4) is 0 Å². The van der Waals surface area contributed by atoms with Gasteiger partial charge in [-0.3, -0.25) is 9.59 Å². The fourth-order valence-electron chi connectivity index (χ4n) is 2.07. The van der Waals surface area contributed by atoms with Gasteiger partial charge in [0.15, 0.2) is 0 Å². The van der Waals surface area contributed by atoms with Crippen molar-refractivity contribution in [1.82, 2.24) is 10.6 Å². The summed E-state index contributed by atoms with van der Waals surface area (Å²) in [4.78, 5) is 21.6. The molecule has 0 aliphatic rings. The summed E-state index contributed by atoms with van der Waals surface area (Å²) in [5.74, 6) is 0.791. The van der Waals surface area contributed by atoms with Gasteiger partial charge in [-0.15, -0.1) is 11.6 Å². The van der Waals surface area contributed by atoms with Crippen LogP contribution in [0, 0.1) is 0 Å². The number of carbonyl (C=O) groups is 2. The van der Waals surface area contributed by atoms with E-state index >= 15 is 0 Å². The minimum absolute atomic E-state index is 0.0511. The second-order valence-corrected chi connectivity index (χ2v) is 5.94. The van der Waals surface area contributed by atoms with Crippen LogP contribution in [0.25, 0.3) is 0 Å². The Morgan fingerprint density at radius 1 is 0.833 bits per heavy atom. The topological polar surface area (TPSA) is 76.7 Å². The van der Waals surface area contributed by atoms with E-state index in [-0.39, 0.29) is 5.91 Å². The monoisotopic (exact) mass is 364 g/mol. The number of hydrogen-bond acceptors (Lipinski definition) is 4. The number of ether oxygens (including phenoxy) is 2. The average Bonchev–Trinajstić information content (AvgIpc) is 2.59. The molecule has 0 radical (unpaired) electrons. The molecule has 0 spiro atoms. The summed E-state index contributed by atoms with van der Waals surface area (Å²) in [5.41, 5.74) is 0. The van der Waals surface area contributed by atoms with E-state index in [0.717, 1.165) is 51.0 Å². The summed E-state index contributed by atoms with van der Waals surface area (Å²) >= 11 is 5.61. The van der Waals surface area contributed by atoms with Crippen LogP contribution in [0.1, 0.15) is 51.4 Å². The van der Waals surface area contributed by atoms with E-state index in [0.29, 0.717) is 45.7 Å². The van der Waals surface area contributed by atoms with Crippen LogP contribution in [0.4, 0.5) is 0 Å². The Morgan fingerprint density at radius 3 is 2.29 bits per heavy atom. The lowest BCUT2D eigenvalue weighted by atomic mass is 10.2. The number of carbonyl (C=O) groups excluding carboxylic acids is 2. The Bertz CT molecular complexity index is 294. The van der Waals surface area contributed by atoms with Crippen LogP contribution >= 0.6 is 11.6 Å². The molecule has 0 heterocycles. The smallest absolute Gasteiger partial charge is 0.220 e. The van der Waals surface area contributed by atoms with Gasteiger partial charge in [0.05, 0.1) is 19.8 Å². The molecule has 24 heavy (non-hydrogen) atoms. The predicted molar refractivity (Wildman–Crippen MR) is 96.4 cm³/mol. The highest BCUT2D eigenvalue weighted by atomic mass is 35.5. The molecule has 6 nitrogen and oxygen atoms in total. The maximum atomic E-state index is 11.5. The Labute approximate surface area is 151 Å². The van der Waals surface area contributed by atoms with E-state index in [2.05, 4.69) is 10.6 Å². The molecule has 0 atom stereocenters. The summed E-state index contributed by atoms with van der Waals surface area (Å²) in [5, 5.41) is 5.43. The highest BCUT2D eigenvalue weighted by Gasteiger charge is 2.00. The van der Waals surface area contributed by atoms with Crippen molar-refractivity contribution in [2.24, 2.45) is 0 Å². The minimum atomic E-state index is 0.0511. The number of hydrogen-bond donors (Lipinski definition) is 2. The Balaban J connectivity index is 3.12. The van der Waals surface area contributed by atoms with Gasteiger partial charge >= 0.3 is 0 Å². The molecule has 0 aliphatic carbocycles. The number of amides is 2. The molecule has 0 aromatic heterocycles. The zero-order chi connectivity index (χ0) is 17.7. The molecule has 0 saturated heterocycles. The molecule has 0 aromatic carbocycles. The first-order valence-corrected chi connectivity index (χ1v) is 9.50. The first kappa shape index (κ1) is 23.1. The van der Waals surface area contributed by atoms with Crippen molar-refractivity contribution >= 4 is 23.9 Å². The molecule has 0 aromatic rings. The zero-order valence-corrected chi connectivity index (χ0v) is 15.5. The van der Waals surface area contributed by atoms with E-state index in [1.807, 2.05) is 0 Å². The van der Waals surface area contributed by atoms with Crippen molar-refractivity contribution in [2.75, 3.05) is 45.4 Å². The van der Waals surface area contributed by atoms with Crippen LogP contribution in [-0.2, 0) is 19.1 Å². The molecular weight excluding hydrogens is 332 g/mol. The first-order valence-electron chi connectivity index (χ1n) is 8.96. The lowest BCUT2D eigenvalue weighted by Crippen LogP contribution is -2.27. The fourth-order valence-corrected chi connectivity index (χ4v) is 2.26.